The second-order valence-corrected chi connectivity index (χ2v) is 4.42. The highest BCUT2D eigenvalue weighted by Gasteiger charge is 2.31. The Kier molecular flexibility index (Phi) is 3.22. The topological polar surface area (TPSA) is 66.5 Å². The van der Waals surface area contributed by atoms with E-state index in [1.165, 1.54) is 0 Å². The molecule has 1 atom stereocenters. The molecule has 16 heavy (non-hydrogen) atoms. The number of carbonyl (C=O) groups is 3. The predicted octanol–water partition coefficient (Wildman–Crippen LogP) is -0.298. The molecule has 2 amide bonds. The number of hydrogen-bond donors (Lipinski definition) is 1. The number of nitrogens with zero attached hydrogens (tertiary/aromatic N) is 1. The summed E-state index contributed by atoms with van der Waals surface area (Å²) in [6.45, 7) is 0.654. The minimum absolute atomic E-state index is 0.0275. The molecule has 0 aromatic rings. The molecule has 1 unspecified atom stereocenters. The minimum Gasteiger partial charge on any atom is -0.347 e. The molecule has 0 spiro atoms. The Morgan fingerprint density at radius 3 is 2.69 bits per heavy atom. The molecule has 0 radical (unpaired) electrons. The highest BCUT2D eigenvalue weighted by molar-refractivity contribution is 5.88. The summed E-state index contributed by atoms with van der Waals surface area (Å²) in [6.07, 6.45) is 4.28. The Morgan fingerprint density at radius 1 is 1.31 bits per heavy atom. The summed E-state index contributed by atoms with van der Waals surface area (Å²) in [7, 11) is 0. The van der Waals surface area contributed by atoms with Crippen LogP contribution in [-0.2, 0) is 14.4 Å². The van der Waals surface area contributed by atoms with Crippen LogP contribution in [0.5, 0.6) is 0 Å². The van der Waals surface area contributed by atoms with Crippen LogP contribution >= 0.6 is 0 Å². The molecule has 1 heterocycles. The number of nitrogens with one attached hydrogen (secondary N) is 1. The molecule has 1 saturated carbocycles. The van der Waals surface area contributed by atoms with Crippen LogP contribution in [0.2, 0.25) is 0 Å². The quantitative estimate of drug-likeness (QED) is 0.667. The van der Waals surface area contributed by atoms with Gasteiger partial charge in [0.1, 0.15) is 6.29 Å². The largest absolute Gasteiger partial charge is 0.347 e. The van der Waals surface area contributed by atoms with Crippen molar-refractivity contribution in [2.45, 2.75) is 31.7 Å². The van der Waals surface area contributed by atoms with Gasteiger partial charge in [-0.3, -0.25) is 9.59 Å². The van der Waals surface area contributed by atoms with Crippen LogP contribution < -0.4 is 5.32 Å². The third-order valence-electron chi connectivity index (χ3n) is 3.14. The second kappa shape index (κ2) is 4.63. The molecule has 5 nitrogen and oxygen atoms in total. The lowest BCUT2D eigenvalue weighted by Gasteiger charge is -2.20. The van der Waals surface area contributed by atoms with Gasteiger partial charge in [0.2, 0.25) is 11.8 Å². The molecule has 2 rings (SSSR count). The van der Waals surface area contributed by atoms with Crippen molar-refractivity contribution < 1.29 is 14.4 Å². The van der Waals surface area contributed by atoms with Crippen LogP contribution in [0.25, 0.3) is 0 Å². The predicted molar refractivity (Wildman–Crippen MR) is 56.5 cm³/mol. The molecular formula is C11H16N2O3. The molecule has 0 aromatic carbocycles. The van der Waals surface area contributed by atoms with Gasteiger partial charge in [0.05, 0.1) is 12.6 Å². The van der Waals surface area contributed by atoms with Crippen LogP contribution in [0.3, 0.4) is 0 Å². The van der Waals surface area contributed by atoms with Gasteiger partial charge in [-0.25, -0.2) is 0 Å². The average Bonchev–Trinajstić information content (AvgIpc) is 3.03. The lowest BCUT2D eigenvalue weighted by atomic mass is 10.2. The molecule has 1 aliphatic heterocycles. The minimum atomic E-state index is -0.287. The van der Waals surface area contributed by atoms with E-state index in [1.54, 1.807) is 4.90 Å². The average molecular weight is 224 g/mol. The van der Waals surface area contributed by atoms with E-state index in [-0.39, 0.29) is 30.3 Å². The molecule has 5 heteroatoms. The Bertz CT molecular complexity index is 312. The zero-order valence-corrected chi connectivity index (χ0v) is 9.15. The van der Waals surface area contributed by atoms with Gasteiger partial charge in [-0.05, 0) is 25.7 Å². The summed E-state index contributed by atoms with van der Waals surface area (Å²) in [4.78, 5) is 35.3. The van der Waals surface area contributed by atoms with Gasteiger partial charge < -0.3 is 15.0 Å². The van der Waals surface area contributed by atoms with Gasteiger partial charge in [0, 0.05) is 12.5 Å². The van der Waals surface area contributed by atoms with Gasteiger partial charge in [-0.1, -0.05) is 0 Å². The summed E-state index contributed by atoms with van der Waals surface area (Å²) in [6, 6.07) is -0.287. The van der Waals surface area contributed by atoms with E-state index in [1.807, 2.05) is 0 Å². The monoisotopic (exact) mass is 224 g/mol. The smallest absolute Gasteiger partial charge is 0.242 e. The summed E-state index contributed by atoms with van der Waals surface area (Å²) in [5.74, 6) is -0.0629. The van der Waals surface area contributed by atoms with Crippen molar-refractivity contribution in [1.82, 2.24) is 10.2 Å². The zero-order valence-electron chi connectivity index (χ0n) is 9.15. The SMILES string of the molecule is O=CC1CCCN1C(=O)CNC(=O)C1CC1. The van der Waals surface area contributed by atoms with E-state index < -0.39 is 0 Å². The van der Waals surface area contributed by atoms with Gasteiger partial charge in [-0.2, -0.15) is 0 Å². The third-order valence-corrected chi connectivity index (χ3v) is 3.14. The fourth-order valence-corrected chi connectivity index (χ4v) is 2.00. The Balaban J connectivity index is 1.78. The van der Waals surface area contributed by atoms with Crippen molar-refractivity contribution in [3.8, 4) is 0 Å². The first-order valence-corrected chi connectivity index (χ1v) is 5.75. The van der Waals surface area contributed by atoms with Gasteiger partial charge in [-0.15, -0.1) is 0 Å². The van der Waals surface area contributed by atoms with Crippen LogP contribution in [0.4, 0.5) is 0 Å². The number of hydrogen-bond acceptors (Lipinski definition) is 3. The van der Waals surface area contributed by atoms with E-state index in [0.717, 1.165) is 32.0 Å². The van der Waals surface area contributed by atoms with Crippen molar-refractivity contribution in [2.75, 3.05) is 13.1 Å². The molecule has 1 N–H and O–H groups in total. The maximum Gasteiger partial charge on any atom is 0.242 e. The molecule has 1 saturated heterocycles. The van der Waals surface area contributed by atoms with E-state index in [0.29, 0.717) is 6.54 Å². The summed E-state index contributed by atoms with van der Waals surface area (Å²) >= 11 is 0. The first-order valence-electron chi connectivity index (χ1n) is 5.75. The lowest BCUT2D eigenvalue weighted by Crippen LogP contribution is -2.43. The van der Waals surface area contributed by atoms with E-state index in [9.17, 15) is 14.4 Å². The summed E-state index contributed by atoms with van der Waals surface area (Å²) in [5, 5.41) is 2.62. The molecule has 0 bridgehead atoms. The van der Waals surface area contributed by atoms with E-state index in [4.69, 9.17) is 0 Å². The first kappa shape index (κ1) is 11.1. The molecule has 1 aliphatic carbocycles. The Hall–Kier alpha value is -1.39. The van der Waals surface area contributed by atoms with Crippen LogP contribution in [0, 0.1) is 5.92 Å². The fraction of sp³-hybridized carbons (Fsp3) is 0.727. The number of aldehydes is 1. The Labute approximate surface area is 94.2 Å². The van der Waals surface area contributed by atoms with Gasteiger partial charge >= 0.3 is 0 Å². The second-order valence-electron chi connectivity index (χ2n) is 4.42. The highest BCUT2D eigenvalue weighted by Crippen LogP contribution is 2.28. The van der Waals surface area contributed by atoms with Crippen molar-refractivity contribution in [3.05, 3.63) is 0 Å². The van der Waals surface area contributed by atoms with Crippen LogP contribution in [0.1, 0.15) is 25.7 Å². The molecule has 0 aromatic heterocycles. The Morgan fingerprint density at radius 2 is 2.06 bits per heavy atom. The number of carbonyl (C=O) groups excluding carboxylic acids is 3. The normalized spacial score (nSPS) is 24.2. The number of rotatable bonds is 4. The maximum absolute atomic E-state index is 11.7. The van der Waals surface area contributed by atoms with Crippen LogP contribution in [0.15, 0.2) is 0 Å². The molecule has 2 fully saturated rings. The van der Waals surface area contributed by atoms with Crippen molar-refractivity contribution in [2.24, 2.45) is 5.92 Å². The zero-order chi connectivity index (χ0) is 11.5. The maximum atomic E-state index is 11.7. The standard InChI is InChI=1S/C11H16N2O3/c14-7-9-2-1-5-13(9)10(15)6-12-11(16)8-3-4-8/h7-9H,1-6H2,(H,12,16). The number of likely N-dealkylation sites (tertiary alicyclic amines) is 1. The lowest BCUT2D eigenvalue weighted by molar-refractivity contribution is -0.135. The van der Waals surface area contributed by atoms with Crippen LogP contribution in [-0.4, -0.2) is 42.1 Å². The first-order chi connectivity index (χ1) is 7.72. The highest BCUT2D eigenvalue weighted by atomic mass is 16.2. The molecule has 88 valence electrons. The van der Waals surface area contributed by atoms with Gasteiger partial charge in [0.15, 0.2) is 0 Å². The van der Waals surface area contributed by atoms with Crippen molar-refractivity contribution in [1.29, 1.82) is 0 Å². The summed E-state index contributed by atoms with van der Waals surface area (Å²) < 4.78 is 0. The van der Waals surface area contributed by atoms with Crippen molar-refractivity contribution >= 4 is 18.1 Å². The summed E-state index contributed by atoms with van der Waals surface area (Å²) in [5.41, 5.74) is 0. The van der Waals surface area contributed by atoms with Gasteiger partial charge in [0.25, 0.3) is 0 Å². The molecular weight excluding hydrogens is 208 g/mol. The fourth-order valence-electron chi connectivity index (χ4n) is 2.00. The molecule has 2 aliphatic rings. The van der Waals surface area contributed by atoms with Crippen molar-refractivity contribution in [3.63, 3.8) is 0 Å². The van der Waals surface area contributed by atoms with E-state index in [2.05, 4.69) is 5.32 Å². The third kappa shape index (κ3) is 2.40. The van der Waals surface area contributed by atoms with E-state index >= 15 is 0 Å². The number of amides is 2.